The Bertz CT molecular complexity index is 1290. The van der Waals surface area contributed by atoms with Crippen LogP contribution in [0.15, 0.2) is 70.5 Å². The first-order chi connectivity index (χ1) is 15.2. The van der Waals surface area contributed by atoms with Gasteiger partial charge < -0.3 is 9.47 Å². The summed E-state index contributed by atoms with van der Waals surface area (Å²) in [5.41, 5.74) is 3.84. The van der Waals surface area contributed by atoms with Gasteiger partial charge in [-0.15, -0.1) is 0 Å². The molecule has 0 aliphatic rings. The van der Waals surface area contributed by atoms with Gasteiger partial charge >= 0.3 is 0 Å². The monoisotopic (exact) mass is 467 g/mol. The molecule has 0 radical (unpaired) electrons. The molecule has 0 amide bonds. The van der Waals surface area contributed by atoms with E-state index in [1.165, 1.54) is 37.5 Å². The third kappa shape index (κ3) is 5.50. The molecule has 5 nitrogen and oxygen atoms in total. The number of hydrogen-bond acceptors (Lipinski definition) is 5. The molecule has 0 aliphatic carbocycles. The second-order valence-corrected chi connectivity index (χ2v) is 9.63. The second kappa shape index (κ2) is 9.90. The molecule has 0 saturated carbocycles. The van der Waals surface area contributed by atoms with Gasteiger partial charge in [-0.3, -0.25) is 0 Å². The van der Waals surface area contributed by atoms with Crippen molar-refractivity contribution in [2.24, 2.45) is 0 Å². The summed E-state index contributed by atoms with van der Waals surface area (Å²) in [5, 5.41) is 9.91. The molecule has 0 bridgehead atoms. The molecule has 0 heterocycles. The fraction of sp³-hybridized carbons (Fsp3) is 0.160. The lowest BCUT2D eigenvalue weighted by Gasteiger charge is -2.12. The molecule has 0 spiro atoms. The van der Waals surface area contributed by atoms with E-state index >= 15 is 0 Å². The van der Waals surface area contributed by atoms with Crippen molar-refractivity contribution >= 4 is 27.5 Å². The standard InChI is InChI=1S/C25H22ClNO4S/c1-17-10-18(2)12-20(11-17)16-31-24-9-4-19(14-25(24)30-3)13-23(15-27)32(28,29)22-7-5-21(26)6-8-22/h4-14H,16H2,1-3H3. The molecule has 3 aromatic carbocycles. The summed E-state index contributed by atoms with van der Waals surface area (Å²) in [6.07, 6.45) is 1.31. The number of nitriles is 1. The zero-order valence-corrected chi connectivity index (χ0v) is 19.5. The van der Waals surface area contributed by atoms with Gasteiger partial charge in [-0.1, -0.05) is 47.0 Å². The van der Waals surface area contributed by atoms with Gasteiger partial charge in [-0.25, -0.2) is 8.42 Å². The summed E-state index contributed by atoms with van der Waals surface area (Å²) in [6.45, 7) is 4.43. The first-order valence-corrected chi connectivity index (χ1v) is 11.6. The van der Waals surface area contributed by atoms with Crippen LogP contribution in [0.2, 0.25) is 5.02 Å². The molecule has 7 heteroatoms. The van der Waals surface area contributed by atoms with Crippen LogP contribution in [-0.4, -0.2) is 15.5 Å². The lowest BCUT2D eigenvalue weighted by Crippen LogP contribution is -2.03. The highest BCUT2D eigenvalue weighted by Gasteiger charge is 2.21. The Labute approximate surface area is 193 Å². The van der Waals surface area contributed by atoms with Crippen LogP contribution in [0, 0.1) is 25.2 Å². The van der Waals surface area contributed by atoms with Crippen molar-refractivity contribution in [3.05, 3.63) is 92.8 Å². The van der Waals surface area contributed by atoms with Crippen molar-refractivity contribution in [3.8, 4) is 17.6 Å². The smallest absolute Gasteiger partial charge is 0.216 e. The fourth-order valence-electron chi connectivity index (χ4n) is 3.27. The predicted octanol–water partition coefficient (Wildman–Crippen LogP) is 5.88. The van der Waals surface area contributed by atoms with E-state index in [4.69, 9.17) is 21.1 Å². The first-order valence-electron chi connectivity index (χ1n) is 9.73. The van der Waals surface area contributed by atoms with Gasteiger partial charge in [0.25, 0.3) is 0 Å². The average molecular weight is 468 g/mol. The number of benzene rings is 3. The number of halogens is 1. The molecule has 0 aliphatic heterocycles. The summed E-state index contributed by atoms with van der Waals surface area (Å²) in [7, 11) is -2.48. The maximum absolute atomic E-state index is 12.8. The van der Waals surface area contributed by atoms with Gasteiger partial charge in [0, 0.05) is 5.02 Å². The minimum absolute atomic E-state index is 0.00457. The quantitative estimate of drug-likeness (QED) is 0.405. The van der Waals surface area contributed by atoms with Gasteiger partial charge in [0.15, 0.2) is 11.5 Å². The number of methoxy groups -OCH3 is 1. The van der Waals surface area contributed by atoms with Gasteiger partial charge in [-0.05, 0) is 67.4 Å². The Hall–Kier alpha value is -3.27. The largest absolute Gasteiger partial charge is 0.493 e. The second-order valence-electron chi connectivity index (χ2n) is 7.27. The number of aryl methyl sites for hydroxylation is 2. The highest BCUT2D eigenvalue weighted by Crippen LogP contribution is 2.31. The van der Waals surface area contributed by atoms with Gasteiger partial charge in [-0.2, -0.15) is 5.26 Å². The molecule has 0 aromatic heterocycles. The van der Waals surface area contributed by atoms with Crippen LogP contribution in [0.3, 0.4) is 0 Å². The topological polar surface area (TPSA) is 76.4 Å². The minimum atomic E-state index is -3.98. The molecule has 3 rings (SSSR count). The molecule has 0 unspecified atom stereocenters. The minimum Gasteiger partial charge on any atom is -0.493 e. The summed E-state index contributed by atoms with van der Waals surface area (Å²) >= 11 is 5.83. The van der Waals surface area contributed by atoms with E-state index in [1.54, 1.807) is 24.3 Å². The summed E-state index contributed by atoms with van der Waals surface area (Å²) in [4.78, 5) is -0.388. The lowest BCUT2D eigenvalue weighted by molar-refractivity contribution is 0.284. The van der Waals surface area contributed by atoms with Crippen LogP contribution >= 0.6 is 11.6 Å². The van der Waals surface area contributed by atoms with Crippen LogP contribution in [0.1, 0.15) is 22.3 Å². The lowest BCUT2D eigenvalue weighted by atomic mass is 10.1. The number of hydrogen-bond donors (Lipinski definition) is 0. The Kier molecular flexibility index (Phi) is 7.24. The third-order valence-electron chi connectivity index (χ3n) is 4.68. The van der Waals surface area contributed by atoms with Gasteiger partial charge in [0.2, 0.25) is 9.84 Å². The van der Waals surface area contributed by atoms with Crippen molar-refractivity contribution < 1.29 is 17.9 Å². The van der Waals surface area contributed by atoms with Crippen molar-refractivity contribution in [2.45, 2.75) is 25.3 Å². The third-order valence-corrected chi connectivity index (χ3v) is 6.62. The fourth-order valence-corrected chi connectivity index (χ4v) is 4.55. The van der Waals surface area contributed by atoms with Gasteiger partial charge in [0.1, 0.15) is 17.6 Å². The molecule has 0 saturated heterocycles. The number of ether oxygens (including phenoxy) is 2. The van der Waals surface area contributed by atoms with Crippen LogP contribution < -0.4 is 9.47 Å². The maximum Gasteiger partial charge on any atom is 0.216 e. The van der Waals surface area contributed by atoms with E-state index in [-0.39, 0.29) is 9.80 Å². The SMILES string of the molecule is COc1cc(C=C(C#N)S(=O)(=O)c2ccc(Cl)cc2)ccc1OCc1cc(C)cc(C)c1. The Morgan fingerprint density at radius 2 is 1.66 bits per heavy atom. The number of rotatable bonds is 7. The van der Waals surface area contributed by atoms with Crippen molar-refractivity contribution in [1.29, 1.82) is 5.26 Å². The molecule has 32 heavy (non-hydrogen) atoms. The van der Waals surface area contributed by atoms with E-state index in [2.05, 4.69) is 18.2 Å². The normalized spacial score (nSPS) is 11.7. The van der Waals surface area contributed by atoms with E-state index in [1.807, 2.05) is 13.8 Å². The molecular formula is C25H22ClNO4S. The molecule has 0 atom stereocenters. The number of allylic oxidation sites excluding steroid dienone is 1. The molecule has 3 aromatic rings. The summed E-state index contributed by atoms with van der Waals surface area (Å²) < 4.78 is 37.0. The Morgan fingerprint density at radius 3 is 2.25 bits per heavy atom. The molecular weight excluding hydrogens is 446 g/mol. The Balaban J connectivity index is 1.87. The van der Waals surface area contributed by atoms with Crippen molar-refractivity contribution in [2.75, 3.05) is 7.11 Å². The van der Waals surface area contributed by atoms with E-state index in [0.717, 1.165) is 16.7 Å². The van der Waals surface area contributed by atoms with Crippen molar-refractivity contribution in [3.63, 3.8) is 0 Å². The van der Waals surface area contributed by atoms with Crippen molar-refractivity contribution in [1.82, 2.24) is 0 Å². The van der Waals surface area contributed by atoms with Crippen LogP contribution in [0.4, 0.5) is 0 Å². The zero-order valence-electron chi connectivity index (χ0n) is 17.9. The molecule has 0 N–H and O–H groups in total. The average Bonchev–Trinajstić information content (AvgIpc) is 2.75. The first kappa shape index (κ1) is 23.4. The number of nitrogens with zero attached hydrogens (tertiary/aromatic N) is 1. The Morgan fingerprint density at radius 1 is 1.00 bits per heavy atom. The van der Waals surface area contributed by atoms with E-state index in [9.17, 15) is 13.7 Å². The van der Waals surface area contributed by atoms with Crippen LogP contribution in [0.25, 0.3) is 6.08 Å². The predicted molar refractivity (Wildman–Crippen MR) is 125 cm³/mol. The van der Waals surface area contributed by atoms with E-state index < -0.39 is 9.84 Å². The molecule has 0 fully saturated rings. The summed E-state index contributed by atoms with van der Waals surface area (Å²) in [6, 6.07) is 18.6. The summed E-state index contributed by atoms with van der Waals surface area (Å²) in [5.74, 6) is 0.951. The zero-order chi connectivity index (χ0) is 23.3. The number of sulfone groups is 1. The molecule has 164 valence electrons. The van der Waals surface area contributed by atoms with Crippen LogP contribution in [0.5, 0.6) is 11.5 Å². The van der Waals surface area contributed by atoms with Crippen LogP contribution in [-0.2, 0) is 16.4 Å². The highest BCUT2D eigenvalue weighted by molar-refractivity contribution is 7.95. The highest BCUT2D eigenvalue weighted by atomic mass is 35.5. The van der Waals surface area contributed by atoms with E-state index in [0.29, 0.717) is 28.7 Å². The maximum atomic E-state index is 12.8. The van der Waals surface area contributed by atoms with Gasteiger partial charge in [0.05, 0.1) is 12.0 Å².